The number of rotatable bonds is 79. The second-order valence-electron chi connectivity index (χ2n) is 29.3. The highest BCUT2D eigenvalue weighted by Gasteiger charge is 2.30. The van der Waals surface area contributed by atoms with Crippen molar-refractivity contribution < 1.29 is 80.2 Å². The monoisotopic (exact) mass is 1480 g/mol. The molecule has 101 heavy (non-hydrogen) atoms. The first-order valence-corrected chi connectivity index (χ1v) is 44.9. The van der Waals surface area contributed by atoms with Gasteiger partial charge in [0.25, 0.3) is 0 Å². The summed E-state index contributed by atoms with van der Waals surface area (Å²) in [6.07, 6.45) is 66.1. The second-order valence-corrected chi connectivity index (χ2v) is 32.2. The molecule has 0 fully saturated rings. The number of hydrogen-bond donors (Lipinski definition) is 3. The van der Waals surface area contributed by atoms with Crippen LogP contribution in [0, 0.1) is 11.8 Å². The van der Waals surface area contributed by atoms with Gasteiger partial charge in [-0.25, -0.2) is 9.13 Å². The van der Waals surface area contributed by atoms with Crippen LogP contribution in [-0.2, 0) is 65.4 Å². The minimum absolute atomic E-state index is 0.102. The van der Waals surface area contributed by atoms with Crippen LogP contribution >= 0.6 is 15.6 Å². The first kappa shape index (κ1) is 98.5. The zero-order chi connectivity index (χ0) is 74.2. The van der Waals surface area contributed by atoms with E-state index in [4.69, 9.17) is 37.0 Å². The molecule has 17 nitrogen and oxygen atoms in total. The van der Waals surface area contributed by atoms with Gasteiger partial charge in [-0.05, 0) is 63.2 Å². The molecule has 0 aromatic rings. The molecule has 3 N–H and O–H groups in total. The SMILES string of the molecule is CCCCCC/C=C\C=C/CCCCCCCC(=O)OC[C@H](COP(=O)(O)OC[C@@H](O)COP(=O)(O)OC[C@@H](COC(=O)CCCCCCCCCCC(C)CC)OC(=O)CCCCCCCCCCC(C)CC)OC(=O)CCCCCCCCCCCCCCCCCCCCCCCC. The predicted octanol–water partition coefficient (Wildman–Crippen LogP) is 24.2. The van der Waals surface area contributed by atoms with E-state index in [2.05, 4.69) is 65.8 Å². The van der Waals surface area contributed by atoms with E-state index in [0.717, 1.165) is 121 Å². The zero-order valence-electron chi connectivity index (χ0n) is 65.7. The molecule has 4 unspecified atom stereocenters. The van der Waals surface area contributed by atoms with Gasteiger partial charge in [-0.2, -0.15) is 0 Å². The van der Waals surface area contributed by atoms with Crippen molar-refractivity contribution in [1.29, 1.82) is 0 Å². The van der Waals surface area contributed by atoms with E-state index in [0.29, 0.717) is 25.7 Å². The van der Waals surface area contributed by atoms with Gasteiger partial charge in [0.05, 0.1) is 26.4 Å². The Hall–Kier alpha value is -2.46. The van der Waals surface area contributed by atoms with Crippen LogP contribution in [0.2, 0.25) is 0 Å². The van der Waals surface area contributed by atoms with Crippen LogP contribution in [0.15, 0.2) is 24.3 Å². The summed E-state index contributed by atoms with van der Waals surface area (Å²) in [6, 6.07) is 0. The van der Waals surface area contributed by atoms with Gasteiger partial charge in [0.15, 0.2) is 12.2 Å². The number of aliphatic hydroxyl groups excluding tert-OH is 1. The summed E-state index contributed by atoms with van der Waals surface area (Å²) in [5.41, 5.74) is 0. The summed E-state index contributed by atoms with van der Waals surface area (Å²) in [4.78, 5) is 73.0. The molecule has 19 heteroatoms. The fourth-order valence-electron chi connectivity index (χ4n) is 12.1. The highest BCUT2D eigenvalue weighted by atomic mass is 31.2. The quantitative estimate of drug-likeness (QED) is 0.0169. The third kappa shape index (κ3) is 72.9. The summed E-state index contributed by atoms with van der Waals surface area (Å²) in [7, 11) is -9.93. The number of aliphatic hydroxyl groups is 1. The molecule has 0 amide bonds. The molecule has 0 aliphatic carbocycles. The maximum atomic E-state index is 13.1. The average Bonchev–Trinajstić information content (AvgIpc) is 0.969. The number of allylic oxidation sites excluding steroid dienone is 4. The van der Waals surface area contributed by atoms with Crippen LogP contribution in [0.3, 0.4) is 0 Å². The van der Waals surface area contributed by atoms with Crippen LogP contribution in [0.25, 0.3) is 0 Å². The zero-order valence-corrected chi connectivity index (χ0v) is 67.5. The number of phosphoric ester groups is 2. The van der Waals surface area contributed by atoms with Crippen molar-refractivity contribution in [1.82, 2.24) is 0 Å². The molecule has 0 saturated heterocycles. The van der Waals surface area contributed by atoms with Gasteiger partial charge >= 0.3 is 39.5 Å². The van der Waals surface area contributed by atoms with Crippen molar-refractivity contribution in [3.8, 4) is 0 Å². The molecule has 0 radical (unpaired) electrons. The highest BCUT2D eigenvalue weighted by molar-refractivity contribution is 7.47. The van der Waals surface area contributed by atoms with Gasteiger partial charge in [-0.1, -0.05) is 355 Å². The molecule has 0 aromatic carbocycles. The van der Waals surface area contributed by atoms with E-state index < -0.39 is 97.5 Å². The third-order valence-electron chi connectivity index (χ3n) is 19.3. The largest absolute Gasteiger partial charge is 0.472 e. The van der Waals surface area contributed by atoms with Gasteiger partial charge in [0, 0.05) is 25.7 Å². The molecule has 7 atom stereocenters. The van der Waals surface area contributed by atoms with Crippen molar-refractivity contribution in [3.05, 3.63) is 24.3 Å². The summed E-state index contributed by atoms with van der Waals surface area (Å²) in [5, 5.41) is 10.6. The number of phosphoric acid groups is 2. The molecule has 0 aliphatic heterocycles. The standard InChI is InChI=1S/C82H156O17P2/c1-7-11-13-15-17-19-21-23-25-26-27-28-29-30-31-33-35-37-39-48-54-60-66-81(86)98-77(70-92-79(84)64-58-52-46-38-36-34-32-24-22-20-18-16-14-12-8-2)72-96-100(88,89)94-68-76(83)69-95-101(90,91)97-73-78(99-82(87)67-61-55-49-43-41-45-51-57-63-75(6)10-4)71-93-80(85)65-59-53-47-42-40-44-50-56-62-74(5)9-3/h20,22,24,32,74-78,83H,7-19,21,23,25-31,33-73H2,1-6H3,(H,88,89)(H,90,91)/b22-20-,32-24-/t74?,75?,76-,77-,78-/m1/s1. The summed E-state index contributed by atoms with van der Waals surface area (Å²) < 4.78 is 68.7. The lowest BCUT2D eigenvalue weighted by Crippen LogP contribution is -2.30. The van der Waals surface area contributed by atoms with Gasteiger partial charge in [0.2, 0.25) is 0 Å². The Labute approximate surface area is 618 Å². The van der Waals surface area contributed by atoms with Crippen LogP contribution in [0.5, 0.6) is 0 Å². The smallest absolute Gasteiger partial charge is 0.462 e. The molecule has 0 bridgehead atoms. The highest BCUT2D eigenvalue weighted by Crippen LogP contribution is 2.45. The Bertz CT molecular complexity index is 2040. The van der Waals surface area contributed by atoms with Crippen LogP contribution < -0.4 is 0 Å². The second kappa shape index (κ2) is 73.1. The van der Waals surface area contributed by atoms with Crippen LogP contribution in [-0.4, -0.2) is 96.7 Å². The molecule has 0 spiro atoms. The minimum atomic E-state index is -4.97. The first-order chi connectivity index (χ1) is 48.9. The Morgan fingerprint density at radius 2 is 0.554 bits per heavy atom. The molecule has 0 rings (SSSR count). The Balaban J connectivity index is 5.26. The lowest BCUT2D eigenvalue weighted by molar-refractivity contribution is -0.161. The van der Waals surface area contributed by atoms with Gasteiger partial charge in [-0.3, -0.25) is 37.3 Å². The normalized spacial score (nSPS) is 14.6. The molecular weight excluding hydrogens is 1320 g/mol. The van der Waals surface area contributed by atoms with E-state index in [1.807, 2.05) is 0 Å². The fraction of sp³-hybridized carbons (Fsp3) is 0.902. The number of carbonyl (C=O) groups excluding carboxylic acids is 4. The van der Waals surface area contributed by atoms with Crippen LogP contribution in [0.4, 0.5) is 0 Å². The lowest BCUT2D eigenvalue weighted by Gasteiger charge is -2.21. The van der Waals surface area contributed by atoms with E-state index in [-0.39, 0.29) is 25.7 Å². The van der Waals surface area contributed by atoms with Gasteiger partial charge < -0.3 is 33.8 Å². The van der Waals surface area contributed by atoms with E-state index >= 15 is 0 Å². The molecule has 596 valence electrons. The summed E-state index contributed by atoms with van der Waals surface area (Å²) in [5.74, 6) is -0.598. The molecular formula is C82H156O17P2. The summed E-state index contributed by atoms with van der Waals surface area (Å²) >= 11 is 0. The predicted molar refractivity (Wildman–Crippen MR) is 414 cm³/mol. The first-order valence-electron chi connectivity index (χ1n) is 41.9. The number of ether oxygens (including phenoxy) is 4. The van der Waals surface area contributed by atoms with Gasteiger partial charge in [0.1, 0.15) is 19.3 Å². The average molecular weight is 1480 g/mol. The van der Waals surface area contributed by atoms with E-state index in [9.17, 15) is 43.2 Å². The number of unbranched alkanes of at least 4 members (excludes halogenated alkanes) is 44. The molecule has 0 aliphatic rings. The van der Waals surface area contributed by atoms with Gasteiger partial charge in [-0.15, -0.1) is 0 Å². The maximum Gasteiger partial charge on any atom is 0.472 e. The van der Waals surface area contributed by atoms with Crippen molar-refractivity contribution in [2.45, 2.75) is 426 Å². The van der Waals surface area contributed by atoms with E-state index in [1.165, 1.54) is 205 Å². The Kier molecular flexibility index (Phi) is 71.3. The maximum absolute atomic E-state index is 13.1. The third-order valence-corrected chi connectivity index (χ3v) is 21.2. The van der Waals surface area contributed by atoms with Crippen molar-refractivity contribution >= 4 is 39.5 Å². The Morgan fingerprint density at radius 1 is 0.317 bits per heavy atom. The lowest BCUT2D eigenvalue weighted by atomic mass is 9.99. The van der Waals surface area contributed by atoms with Crippen LogP contribution in [0.1, 0.15) is 408 Å². The minimum Gasteiger partial charge on any atom is -0.462 e. The fourth-order valence-corrected chi connectivity index (χ4v) is 13.7. The topological polar surface area (TPSA) is 237 Å². The molecule has 0 aromatic heterocycles. The van der Waals surface area contributed by atoms with Crippen molar-refractivity contribution in [2.24, 2.45) is 11.8 Å². The molecule has 0 saturated carbocycles. The summed E-state index contributed by atoms with van der Waals surface area (Å²) in [6.45, 7) is 9.56. The van der Waals surface area contributed by atoms with E-state index in [1.54, 1.807) is 0 Å². The number of esters is 4. The molecule has 0 heterocycles. The number of hydrogen-bond acceptors (Lipinski definition) is 15. The number of carbonyl (C=O) groups is 4. The van der Waals surface area contributed by atoms with Crippen molar-refractivity contribution in [2.75, 3.05) is 39.6 Å². The van der Waals surface area contributed by atoms with Crippen molar-refractivity contribution in [3.63, 3.8) is 0 Å². The Morgan fingerprint density at radius 3 is 0.842 bits per heavy atom.